The molecular weight excluding hydrogens is 403 g/mol. The molecule has 0 amide bonds. The van der Waals surface area contributed by atoms with Crippen molar-refractivity contribution in [1.29, 1.82) is 5.26 Å². The van der Waals surface area contributed by atoms with Crippen molar-refractivity contribution in [3.63, 3.8) is 0 Å². The number of likely N-dealkylation sites (tertiary alicyclic amines) is 1. The number of ether oxygens (including phenoxy) is 2. The van der Waals surface area contributed by atoms with E-state index in [-0.39, 0.29) is 17.1 Å². The van der Waals surface area contributed by atoms with E-state index in [0.717, 1.165) is 70.6 Å². The molecule has 3 aliphatic rings. The van der Waals surface area contributed by atoms with Crippen LogP contribution >= 0.6 is 0 Å². The predicted molar refractivity (Wildman–Crippen MR) is 124 cm³/mol. The Hall–Kier alpha value is -2.16. The van der Waals surface area contributed by atoms with Crippen LogP contribution < -0.4 is 0 Å². The first-order valence-corrected chi connectivity index (χ1v) is 12.1. The van der Waals surface area contributed by atoms with Crippen LogP contribution in [0.25, 0.3) is 5.57 Å². The van der Waals surface area contributed by atoms with Gasteiger partial charge in [0.25, 0.3) is 0 Å². The first kappa shape index (κ1) is 23.0. The first-order valence-electron chi connectivity index (χ1n) is 12.1. The number of benzene rings is 1. The summed E-state index contributed by atoms with van der Waals surface area (Å²) in [6.07, 6.45) is 11.1. The molecule has 2 aliphatic heterocycles. The van der Waals surface area contributed by atoms with Gasteiger partial charge < -0.3 is 14.4 Å². The standard InChI is InChI=1S/C27H35FN2O2/c1-3-12-32-20(2)14-21-5-8-26(30-11-4-9-27(18-30)10-13-31-19-27)24(15-21)22-6-7-23(17-29)25(28)16-22/h5-8,16,20-21H,3-4,9-15,18-19H2,1-2H3. The lowest BCUT2D eigenvalue weighted by atomic mass is 9.78. The van der Waals surface area contributed by atoms with E-state index in [0.29, 0.717) is 5.92 Å². The molecule has 0 bridgehead atoms. The van der Waals surface area contributed by atoms with E-state index >= 15 is 0 Å². The van der Waals surface area contributed by atoms with Gasteiger partial charge in [0.05, 0.1) is 18.3 Å². The second-order valence-electron chi connectivity index (χ2n) is 9.74. The molecule has 4 nitrogen and oxygen atoms in total. The normalized spacial score (nSPS) is 26.6. The maximum absolute atomic E-state index is 14.5. The summed E-state index contributed by atoms with van der Waals surface area (Å²) in [6.45, 7) is 8.76. The van der Waals surface area contributed by atoms with E-state index in [1.165, 1.54) is 17.7 Å². The number of hydrogen-bond acceptors (Lipinski definition) is 4. The van der Waals surface area contributed by atoms with Crippen LogP contribution in [0.5, 0.6) is 0 Å². The third kappa shape index (κ3) is 5.08. The number of piperidine rings is 1. The predicted octanol–water partition coefficient (Wildman–Crippen LogP) is 5.69. The van der Waals surface area contributed by atoms with Gasteiger partial charge in [0, 0.05) is 37.4 Å². The van der Waals surface area contributed by atoms with Gasteiger partial charge in [0.1, 0.15) is 11.9 Å². The van der Waals surface area contributed by atoms with Gasteiger partial charge in [-0.25, -0.2) is 4.39 Å². The SMILES string of the molecule is CCCOC(C)CC1C=CC(N2CCCC3(CCOC3)C2)=C(c2ccc(C#N)c(F)c2)C1. The zero-order chi connectivity index (χ0) is 22.6. The van der Waals surface area contributed by atoms with E-state index < -0.39 is 5.82 Å². The lowest BCUT2D eigenvalue weighted by molar-refractivity contribution is 0.0534. The molecule has 5 heteroatoms. The smallest absolute Gasteiger partial charge is 0.141 e. The minimum Gasteiger partial charge on any atom is -0.381 e. The Labute approximate surface area is 191 Å². The molecule has 32 heavy (non-hydrogen) atoms. The van der Waals surface area contributed by atoms with E-state index in [9.17, 15) is 4.39 Å². The van der Waals surface area contributed by atoms with Gasteiger partial charge in [0.2, 0.25) is 0 Å². The molecule has 3 atom stereocenters. The van der Waals surface area contributed by atoms with Crippen molar-refractivity contribution in [2.45, 2.75) is 58.5 Å². The Kier molecular flexibility index (Phi) is 7.33. The van der Waals surface area contributed by atoms with E-state index in [1.807, 2.05) is 12.1 Å². The van der Waals surface area contributed by atoms with Crippen LogP contribution in [0.15, 0.2) is 36.0 Å². The number of halogens is 1. The number of nitriles is 1. The Morgan fingerprint density at radius 1 is 1.38 bits per heavy atom. The Bertz CT molecular complexity index is 911. The van der Waals surface area contributed by atoms with Gasteiger partial charge in [-0.1, -0.05) is 19.1 Å². The van der Waals surface area contributed by atoms with Crippen molar-refractivity contribution < 1.29 is 13.9 Å². The van der Waals surface area contributed by atoms with Gasteiger partial charge in [-0.15, -0.1) is 0 Å². The molecule has 1 aliphatic carbocycles. The Morgan fingerprint density at radius 3 is 2.97 bits per heavy atom. The summed E-state index contributed by atoms with van der Waals surface area (Å²) < 4.78 is 26.2. The van der Waals surface area contributed by atoms with Gasteiger partial charge in [0.15, 0.2) is 0 Å². The molecule has 4 rings (SSSR count). The average molecular weight is 439 g/mol. The highest BCUT2D eigenvalue weighted by molar-refractivity contribution is 5.72. The van der Waals surface area contributed by atoms with Gasteiger partial charge in [-0.2, -0.15) is 5.26 Å². The van der Waals surface area contributed by atoms with Crippen molar-refractivity contribution in [2.75, 3.05) is 32.9 Å². The molecule has 0 aromatic heterocycles. The van der Waals surface area contributed by atoms with Crippen LogP contribution in [-0.2, 0) is 9.47 Å². The third-order valence-electron chi connectivity index (χ3n) is 7.17. The lowest BCUT2D eigenvalue weighted by Crippen LogP contribution is -2.43. The second kappa shape index (κ2) is 10.2. The van der Waals surface area contributed by atoms with Crippen molar-refractivity contribution in [3.8, 4) is 6.07 Å². The summed E-state index contributed by atoms with van der Waals surface area (Å²) in [5, 5.41) is 9.16. The molecule has 3 unspecified atom stereocenters. The van der Waals surface area contributed by atoms with Crippen LogP contribution in [-0.4, -0.2) is 43.9 Å². The van der Waals surface area contributed by atoms with E-state index in [2.05, 4.69) is 30.9 Å². The third-order valence-corrected chi connectivity index (χ3v) is 7.17. The molecule has 0 N–H and O–H groups in total. The lowest BCUT2D eigenvalue weighted by Gasteiger charge is -2.43. The topological polar surface area (TPSA) is 45.5 Å². The van der Waals surface area contributed by atoms with Gasteiger partial charge >= 0.3 is 0 Å². The van der Waals surface area contributed by atoms with E-state index in [1.54, 1.807) is 12.1 Å². The van der Waals surface area contributed by atoms with Crippen molar-refractivity contribution in [1.82, 2.24) is 4.90 Å². The number of nitrogens with zero attached hydrogens (tertiary/aromatic N) is 2. The Balaban J connectivity index is 1.62. The summed E-state index contributed by atoms with van der Waals surface area (Å²) in [6, 6.07) is 7.00. The summed E-state index contributed by atoms with van der Waals surface area (Å²) in [4.78, 5) is 2.49. The highest BCUT2D eigenvalue weighted by Crippen LogP contribution is 2.42. The molecule has 1 spiro atoms. The number of rotatable bonds is 7. The van der Waals surface area contributed by atoms with Crippen molar-refractivity contribution >= 4 is 5.57 Å². The highest BCUT2D eigenvalue weighted by atomic mass is 19.1. The molecule has 172 valence electrons. The van der Waals surface area contributed by atoms with Crippen LogP contribution in [0.2, 0.25) is 0 Å². The molecule has 1 aromatic carbocycles. The van der Waals surface area contributed by atoms with Crippen LogP contribution in [0.4, 0.5) is 4.39 Å². The zero-order valence-electron chi connectivity index (χ0n) is 19.4. The number of allylic oxidation sites excluding steroid dienone is 3. The Morgan fingerprint density at radius 2 is 2.25 bits per heavy atom. The summed E-state index contributed by atoms with van der Waals surface area (Å²) >= 11 is 0. The van der Waals surface area contributed by atoms with Crippen LogP contribution in [0.3, 0.4) is 0 Å². The second-order valence-corrected chi connectivity index (χ2v) is 9.74. The molecule has 0 saturated carbocycles. The summed E-state index contributed by atoms with van der Waals surface area (Å²) in [5.41, 5.74) is 3.62. The highest BCUT2D eigenvalue weighted by Gasteiger charge is 2.40. The van der Waals surface area contributed by atoms with Crippen molar-refractivity contribution in [2.24, 2.45) is 11.3 Å². The molecule has 2 saturated heterocycles. The maximum atomic E-state index is 14.5. The fourth-order valence-corrected chi connectivity index (χ4v) is 5.48. The molecule has 1 aromatic rings. The van der Waals surface area contributed by atoms with Crippen LogP contribution in [0.1, 0.15) is 63.5 Å². The van der Waals surface area contributed by atoms with Crippen molar-refractivity contribution in [3.05, 3.63) is 53.0 Å². The fraction of sp³-hybridized carbons (Fsp3) is 0.593. The summed E-state index contributed by atoms with van der Waals surface area (Å²) in [7, 11) is 0. The molecular formula is C27H35FN2O2. The summed E-state index contributed by atoms with van der Waals surface area (Å²) in [5.74, 6) is -0.0882. The van der Waals surface area contributed by atoms with E-state index in [4.69, 9.17) is 14.7 Å². The quantitative estimate of drug-likeness (QED) is 0.548. The minimum absolute atomic E-state index is 0.0976. The maximum Gasteiger partial charge on any atom is 0.141 e. The monoisotopic (exact) mass is 438 g/mol. The van der Waals surface area contributed by atoms with Gasteiger partial charge in [-0.05, 0) is 80.7 Å². The fourth-order valence-electron chi connectivity index (χ4n) is 5.48. The average Bonchev–Trinajstić information content (AvgIpc) is 3.24. The molecule has 2 fully saturated rings. The zero-order valence-corrected chi connectivity index (χ0v) is 19.4. The largest absolute Gasteiger partial charge is 0.381 e. The first-order chi connectivity index (χ1) is 15.5. The number of hydrogen-bond donors (Lipinski definition) is 0. The van der Waals surface area contributed by atoms with Gasteiger partial charge in [-0.3, -0.25) is 0 Å². The minimum atomic E-state index is -0.443. The molecule has 2 heterocycles. The molecule has 0 radical (unpaired) electrons. The van der Waals surface area contributed by atoms with Crippen LogP contribution in [0, 0.1) is 28.5 Å².